The van der Waals surface area contributed by atoms with Gasteiger partial charge in [0, 0.05) is 25.2 Å². The first-order valence-electron chi connectivity index (χ1n) is 8.68. The lowest BCUT2D eigenvalue weighted by molar-refractivity contribution is -0.122. The number of benzene rings is 1. The fourth-order valence-corrected chi connectivity index (χ4v) is 3.14. The number of aryl methyl sites for hydroxylation is 2. The number of amides is 1. The van der Waals surface area contributed by atoms with Crippen LogP contribution in [-0.2, 0) is 4.79 Å². The molecule has 1 aromatic carbocycles. The summed E-state index contributed by atoms with van der Waals surface area (Å²) in [5, 5.41) is 3.14. The molecule has 2 rings (SSSR count). The van der Waals surface area contributed by atoms with Crippen LogP contribution in [0.15, 0.2) is 18.2 Å². The minimum Gasteiger partial charge on any atom is -0.493 e. The molecular formula is C19H30N2O2. The largest absolute Gasteiger partial charge is 0.493 e. The molecule has 0 spiro atoms. The molecule has 1 amide bonds. The van der Waals surface area contributed by atoms with E-state index in [1.807, 2.05) is 12.1 Å². The Labute approximate surface area is 140 Å². The summed E-state index contributed by atoms with van der Waals surface area (Å²) in [5.41, 5.74) is 2.36. The predicted octanol–water partition coefficient (Wildman–Crippen LogP) is 3.06. The fourth-order valence-electron chi connectivity index (χ4n) is 3.14. The van der Waals surface area contributed by atoms with Gasteiger partial charge in [-0.3, -0.25) is 4.79 Å². The average Bonchev–Trinajstić information content (AvgIpc) is 2.46. The van der Waals surface area contributed by atoms with E-state index < -0.39 is 0 Å². The van der Waals surface area contributed by atoms with E-state index in [9.17, 15) is 4.79 Å². The van der Waals surface area contributed by atoms with Gasteiger partial charge in [-0.1, -0.05) is 6.07 Å². The molecule has 1 fully saturated rings. The maximum absolute atomic E-state index is 12.0. The molecule has 0 saturated carbocycles. The van der Waals surface area contributed by atoms with Gasteiger partial charge in [0.05, 0.1) is 13.0 Å². The van der Waals surface area contributed by atoms with Crippen molar-refractivity contribution >= 4 is 5.91 Å². The van der Waals surface area contributed by atoms with E-state index in [1.54, 1.807) is 0 Å². The molecule has 4 heteroatoms. The van der Waals surface area contributed by atoms with Crippen LogP contribution in [0.25, 0.3) is 0 Å². The molecule has 128 valence electrons. The Balaban J connectivity index is 1.67. The lowest BCUT2D eigenvalue weighted by Crippen LogP contribution is -2.46. The van der Waals surface area contributed by atoms with Crippen LogP contribution in [0, 0.1) is 13.8 Å². The van der Waals surface area contributed by atoms with Gasteiger partial charge >= 0.3 is 0 Å². The molecule has 1 aliphatic rings. The number of nitrogens with one attached hydrogen (secondary N) is 1. The molecule has 23 heavy (non-hydrogen) atoms. The Hall–Kier alpha value is -1.55. The van der Waals surface area contributed by atoms with E-state index in [1.165, 1.54) is 11.1 Å². The van der Waals surface area contributed by atoms with E-state index in [4.69, 9.17) is 4.74 Å². The van der Waals surface area contributed by atoms with Gasteiger partial charge in [-0.05, 0) is 63.8 Å². The summed E-state index contributed by atoms with van der Waals surface area (Å²) in [5.74, 6) is 0.943. The summed E-state index contributed by atoms with van der Waals surface area (Å²) in [6, 6.07) is 7.04. The van der Waals surface area contributed by atoms with E-state index in [0.29, 0.717) is 25.1 Å². The molecule has 1 heterocycles. The van der Waals surface area contributed by atoms with Crippen LogP contribution in [0.5, 0.6) is 5.75 Å². The Kier molecular flexibility index (Phi) is 6.46. The van der Waals surface area contributed by atoms with Gasteiger partial charge in [-0.2, -0.15) is 0 Å². The van der Waals surface area contributed by atoms with E-state index in [0.717, 1.165) is 31.7 Å². The third kappa shape index (κ3) is 5.87. The van der Waals surface area contributed by atoms with Gasteiger partial charge in [0.2, 0.25) is 5.91 Å². The number of hydrogen-bond donors (Lipinski definition) is 1. The highest BCUT2D eigenvalue weighted by Crippen LogP contribution is 2.16. The molecule has 4 nitrogen and oxygen atoms in total. The average molecular weight is 318 g/mol. The second kappa shape index (κ2) is 8.34. The summed E-state index contributed by atoms with van der Waals surface area (Å²) in [6.07, 6.45) is 2.50. The van der Waals surface area contributed by atoms with Crippen LogP contribution in [0.3, 0.4) is 0 Å². The minimum atomic E-state index is 0.0948. The molecule has 0 atom stereocenters. The Morgan fingerprint density at radius 2 is 1.83 bits per heavy atom. The Morgan fingerprint density at radius 3 is 2.39 bits per heavy atom. The normalized spacial score (nSPS) is 16.6. The highest BCUT2D eigenvalue weighted by Gasteiger charge is 2.21. The van der Waals surface area contributed by atoms with Crippen LogP contribution >= 0.6 is 0 Å². The number of nitrogens with zero attached hydrogens (tertiary/aromatic N) is 1. The third-order valence-electron chi connectivity index (χ3n) is 4.42. The Bertz CT molecular complexity index is 500. The van der Waals surface area contributed by atoms with Gasteiger partial charge in [0.15, 0.2) is 0 Å². The molecule has 0 aliphatic carbocycles. The highest BCUT2D eigenvalue weighted by molar-refractivity contribution is 5.76. The molecule has 0 unspecified atom stereocenters. The van der Waals surface area contributed by atoms with Crippen LogP contribution in [0.1, 0.15) is 44.2 Å². The smallest absolute Gasteiger partial charge is 0.223 e. The number of hydrogen-bond acceptors (Lipinski definition) is 3. The van der Waals surface area contributed by atoms with Gasteiger partial charge in [-0.15, -0.1) is 0 Å². The number of rotatable bonds is 6. The van der Waals surface area contributed by atoms with Crippen molar-refractivity contribution in [3.8, 4) is 5.75 Å². The number of likely N-dealkylation sites (tertiary alicyclic amines) is 1. The quantitative estimate of drug-likeness (QED) is 0.876. The van der Waals surface area contributed by atoms with Crippen LogP contribution in [-0.4, -0.2) is 42.6 Å². The zero-order chi connectivity index (χ0) is 16.8. The summed E-state index contributed by atoms with van der Waals surface area (Å²) < 4.78 is 5.71. The predicted molar refractivity (Wildman–Crippen MR) is 93.9 cm³/mol. The zero-order valence-corrected chi connectivity index (χ0v) is 14.9. The monoisotopic (exact) mass is 318 g/mol. The maximum Gasteiger partial charge on any atom is 0.223 e. The van der Waals surface area contributed by atoms with E-state index in [2.05, 4.69) is 44.0 Å². The van der Waals surface area contributed by atoms with Crippen molar-refractivity contribution in [1.29, 1.82) is 0 Å². The van der Waals surface area contributed by atoms with Gasteiger partial charge in [0.1, 0.15) is 5.75 Å². The summed E-state index contributed by atoms with van der Waals surface area (Å²) in [7, 11) is 0. The minimum absolute atomic E-state index is 0.0948. The van der Waals surface area contributed by atoms with Crippen LogP contribution in [0.4, 0.5) is 0 Å². The first-order valence-corrected chi connectivity index (χ1v) is 8.68. The number of ether oxygens (including phenoxy) is 1. The zero-order valence-electron chi connectivity index (χ0n) is 14.9. The molecule has 0 radical (unpaired) electrons. The second-order valence-electron chi connectivity index (χ2n) is 6.89. The fraction of sp³-hybridized carbons (Fsp3) is 0.632. The Morgan fingerprint density at radius 1 is 1.22 bits per heavy atom. The summed E-state index contributed by atoms with van der Waals surface area (Å²) >= 11 is 0. The van der Waals surface area contributed by atoms with Crippen molar-refractivity contribution in [2.45, 2.75) is 59.0 Å². The topological polar surface area (TPSA) is 41.6 Å². The van der Waals surface area contributed by atoms with Gasteiger partial charge < -0.3 is 15.0 Å². The number of piperidine rings is 1. The summed E-state index contributed by atoms with van der Waals surface area (Å²) in [4.78, 5) is 14.5. The number of carbonyl (C=O) groups excluding carboxylic acids is 1. The van der Waals surface area contributed by atoms with Crippen LogP contribution in [0.2, 0.25) is 0 Å². The number of carbonyl (C=O) groups is 1. The van der Waals surface area contributed by atoms with E-state index >= 15 is 0 Å². The van der Waals surface area contributed by atoms with Crippen molar-refractivity contribution in [3.05, 3.63) is 29.3 Å². The molecular weight excluding hydrogens is 288 g/mol. The molecule has 1 saturated heterocycles. The van der Waals surface area contributed by atoms with Crippen molar-refractivity contribution in [2.24, 2.45) is 0 Å². The van der Waals surface area contributed by atoms with Crippen molar-refractivity contribution in [2.75, 3.05) is 19.7 Å². The van der Waals surface area contributed by atoms with Crippen LogP contribution < -0.4 is 10.1 Å². The van der Waals surface area contributed by atoms with Crippen molar-refractivity contribution in [3.63, 3.8) is 0 Å². The van der Waals surface area contributed by atoms with Crippen molar-refractivity contribution in [1.82, 2.24) is 10.2 Å². The van der Waals surface area contributed by atoms with Gasteiger partial charge in [-0.25, -0.2) is 0 Å². The molecule has 1 N–H and O–H groups in total. The second-order valence-corrected chi connectivity index (χ2v) is 6.89. The highest BCUT2D eigenvalue weighted by atomic mass is 16.5. The molecule has 0 bridgehead atoms. The molecule has 0 aromatic heterocycles. The van der Waals surface area contributed by atoms with E-state index in [-0.39, 0.29) is 5.91 Å². The first kappa shape index (κ1) is 17.8. The molecule has 1 aliphatic heterocycles. The molecule has 1 aromatic rings. The van der Waals surface area contributed by atoms with Crippen molar-refractivity contribution < 1.29 is 9.53 Å². The standard InChI is InChI=1S/C19H30N2O2/c1-14(2)21-8-5-17(6-9-21)20-19(22)7-10-23-18-12-15(3)11-16(4)13-18/h11-14,17H,5-10H2,1-4H3,(H,20,22). The SMILES string of the molecule is Cc1cc(C)cc(OCCC(=O)NC2CCN(C(C)C)CC2)c1. The lowest BCUT2D eigenvalue weighted by Gasteiger charge is -2.34. The summed E-state index contributed by atoms with van der Waals surface area (Å²) in [6.45, 7) is 11.1. The van der Waals surface area contributed by atoms with Gasteiger partial charge in [0.25, 0.3) is 0 Å². The first-order chi connectivity index (χ1) is 10.9. The third-order valence-corrected chi connectivity index (χ3v) is 4.42. The maximum atomic E-state index is 12.0. The lowest BCUT2D eigenvalue weighted by atomic mass is 10.0.